The molecule has 0 bridgehead atoms. The van der Waals surface area contributed by atoms with E-state index in [1.807, 2.05) is 24.5 Å². The minimum atomic E-state index is 0.230. The molecule has 1 aromatic rings. The quantitative estimate of drug-likeness (QED) is 0.814. The van der Waals surface area contributed by atoms with Gasteiger partial charge in [0.15, 0.2) is 0 Å². The Morgan fingerprint density at radius 2 is 2.35 bits per heavy atom. The molecule has 17 heavy (non-hydrogen) atoms. The van der Waals surface area contributed by atoms with Crippen molar-refractivity contribution in [1.29, 1.82) is 5.26 Å². The molecule has 0 spiro atoms. The summed E-state index contributed by atoms with van der Waals surface area (Å²) >= 11 is 1.62. The molecule has 0 aliphatic carbocycles. The number of benzene rings is 1. The standard InChI is InChI=1S/C13H17N3S/c1-17-13-6-2-5-12(11(13)8-14)16-7-3-4-10(15)9-16/h2,5-6,10H,3-4,7,9,15H2,1H3/t10-/m1/s1. The van der Waals surface area contributed by atoms with E-state index in [-0.39, 0.29) is 6.04 Å². The summed E-state index contributed by atoms with van der Waals surface area (Å²) in [6.45, 7) is 1.85. The van der Waals surface area contributed by atoms with E-state index in [2.05, 4.69) is 11.0 Å². The molecule has 90 valence electrons. The van der Waals surface area contributed by atoms with Crippen molar-refractivity contribution in [3.63, 3.8) is 0 Å². The van der Waals surface area contributed by atoms with E-state index in [0.717, 1.165) is 42.1 Å². The average Bonchev–Trinajstić information content (AvgIpc) is 2.37. The van der Waals surface area contributed by atoms with E-state index < -0.39 is 0 Å². The van der Waals surface area contributed by atoms with Crippen molar-refractivity contribution in [1.82, 2.24) is 0 Å². The predicted octanol–water partition coefficient (Wildman–Crippen LogP) is 2.21. The lowest BCUT2D eigenvalue weighted by molar-refractivity contribution is 0.506. The summed E-state index contributed by atoms with van der Waals surface area (Å²) in [5, 5.41) is 9.31. The second-order valence-electron chi connectivity index (χ2n) is 4.31. The highest BCUT2D eigenvalue weighted by molar-refractivity contribution is 7.98. The molecule has 0 unspecified atom stereocenters. The van der Waals surface area contributed by atoms with Crippen LogP contribution in [0, 0.1) is 11.3 Å². The first-order valence-electron chi connectivity index (χ1n) is 5.84. The number of rotatable bonds is 2. The Bertz CT molecular complexity index is 439. The summed E-state index contributed by atoms with van der Waals surface area (Å²) < 4.78 is 0. The van der Waals surface area contributed by atoms with Gasteiger partial charge in [0.2, 0.25) is 0 Å². The summed E-state index contributed by atoms with van der Waals surface area (Å²) in [4.78, 5) is 3.29. The fraction of sp³-hybridized carbons (Fsp3) is 0.462. The molecule has 0 amide bonds. The monoisotopic (exact) mass is 247 g/mol. The number of hydrogen-bond donors (Lipinski definition) is 1. The molecule has 1 aliphatic heterocycles. The normalized spacial score (nSPS) is 20.1. The largest absolute Gasteiger partial charge is 0.369 e. The zero-order chi connectivity index (χ0) is 12.3. The van der Waals surface area contributed by atoms with Crippen LogP contribution in [0.1, 0.15) is 18.4 Å². The van der Waals surface area contributed by atoms with Crippen LogP contribution in [0.4, 0.5) is 5.69 Å². The third-order valence-corrected chi connectivity index (χ3v) is 3.91. The third kappa shape index (κ3) is 2.56. The second-order valence-corrected chi connectivity index (χ2v) is 5.16. The zero-order valence-electron chi connectivity index (χ0n) is 10.0. The van der Waals surface area contributed by atoms with Gasteiger partial charge in [0.05, 0.1) is 11.3 Å². The van der Waals surface area contributed by atoms with Crippen molar-refractivity contribution in [3.05, 3.63) is 23.8 Å². The molecule has 0 aromatic heterocycles. The first-order chi connectivity index (χ1) is 8.26. The van der Waals surface area contributed by atoms with Gasteiger partial charge in [-0.2, -0.15) is 5.26 Å². The molecule has 1 aromatic carbocycles. The lowest BCUT2D eigenvalue weighted by atomic mass is 10.0. The fourth-order valence-corrected chi connectivity index (χ4v) is 2.86. The number of hydrogen-bond acceptors (Lipinski definition) is 4. The van der Waals surface area contributed by atoms with Crippen molar-refractivity contribution < 1.29 is 0 Å². The SMILES string of the molecule is CSc1cccc(N2CCC[C@@H](N)C2)c1C#N. The van der Waals surface area contributed by atoms with Gasteiger partial charge in [0.1, 0.15) is 6.07 Å². The van der Waals surface area contributed by atoms with E-state index in [9.17, 15) is 5.26 Å². The number of nitrogens with zero attached hydrogens (tertiary/aromatic N) is 2. The third-order valence-electron chi connectivity index (χ3n) is 3.13. The van der Waals surface area contributed by atoms with Gasteiger partial charge in [-0.25, -0.2) is 0 Å². The van der Waals surface area contributed by atoms with Gasteiger partial charge >= 0.3 is 0 Å². The van der Waals surface area contributed by atoms with Crippen LogP contribution in [-0.2, 0) is 0 Å². The molecule has 2 N–H and O–H groups in total. The number of nitrogens with two attached hydrogens (primary N) is 1. The van der Waals surface area contributed by atoms with Crippen LogP contribution >= 0.6 is 11.8 Å². The Morgan fingerprint density at radius 3 is 3.00 bits per heavy atom. The van der Waals surface area contributed by atoms with Crippen molar-refractivity contribution in [3.8, 4) is 6.07 Å². The molecular formula is C13H17N3S. The maximum atomic E-state index is 9.31. The van der Waals surface area contributed by atoms with Crippen LogP contribution in [0.5, 0.6) is 0 Å². The number of thioether (sulfide) groups is 1. The predicted molar refractivity (Wildman–Crippen MR) is 72.4 cm³/mol. The van der Waals surface area contributed by atoms with Gasteiger partial charge in [0.25, 0.3) is 0 Å². The van der Waals surface area contributed by atoms with Gasteiger partial charge in [-0.1, -0.05) is 6.07 Å². The van der Waals surface area contributed by atoms with Crippen LogP contribution in [-0.4, -0.2) is 25.4 Å². The van der Waals surface area contributed by atoms with E-state index in [1.54, 1.807) is 11.8 Å². The maximum absolute atomic E-state index is 9.31. The Labute approximate surface area is 107 Å². The second kappa shape index (κ2) is 5.44. The summed E-state index contributed by atoms with van der Waals surface area (Å²) in [5.41, 5.74) is 7.82. The Morgan fingerprint density at radius 1 is 1.53 bits per heavy atom. The van der Waals surface area contributed by atoms with E-state index >= 15 is 0 Å². The van der Waals surface area contributed by atoms with Crippen LogP contribution in [0.15, 0.2) is 23.1 Å². The summed E-state index contributed by atoms with van der Waals surface area (Å²) in [5.74, 6) is 0. The molecule has 3 nitrogen and oxygen atoms in total. The zero-order valence-corrected chi connectivity index (χ0v) is 10.8. The Hall–Kier alpha value is -1.18. The van der Waals surface area contributed by atoms with Gasteiger partial charge in [0, 0.05) is 24.0 Å². The number of nitriles is 1. The van der Waals surface area contributed by atoms with Crippen LogP contribution in [0.25, 0.3) is 0 Å². The number of anilines is 1. The molecule has 1 fully saturated rings. The molecule has 1 aliphatic rings. The van der Waals surface area contributed by atoms with E-state index in [4.69, 9.17) is 5.73 Å². The molecule has 0 saturated carbocycles. The Kier molecular flexibility index (Phi) is 3.93. The van der Waals surface area contributed by atoms with Crippen molar-refractivity contribution in [2.45, 2.75) is 23.8 Å². The molecule has 1 heterocycles. The Balaban J connectivity index is 2.34. The first-order valence-corrected chi connectivity index (χ1v) is 7.06. The highest BCUT2D eigenvalue weighted by Gasteiger charge is 2.20. The first kappa shape index (κ1) is 12.3. The van der Waals surface area contributed by atoms with Crippen LogP contribution in [0.2, 0.25) is 0 Å². The van der Waals surface area contributed by atoms with Crippen LogP contribution in [0.3, 0.4) is 0 Å². The van der Waals surface area contributed by atoms with Crippen molar-refractivity contribution in [2.24, 2.45) is 5.73 Å². The van der Waals surface area contributed by atoms with Gasteiger partial charge in [-0.3, -0.25) is 0 Å². The fourth-order valence-electron chi connectivity index (χ4n) is 2.29. The lowest BCUT2D eigenvalue weighted by Gasteiger charge is -2.33. The molecule has 4 heteroatoms. The molecule has 2 rings (SSSR count). The lowest BCUT2D eigenvalue weighted by Crippen LogP contribution is -2.43. The van der Waals surface area contributed by atoms with Gasteiger partial charge in [-0.15, -0.1) is 11.8 Å². The summed E-state index contributed by atoms with van der Waals surface area (Å²) in [6, 6.07) is 8.59. The minimum absolute atomic E-state index is 0.230. The number of piperidine rings is 1. The molecular weight excluding hydrogens is 230 g/mol. The smallest absolute Gasteiger partial charge is 0.103 e. The summed E-state index contributed by atoms with van der Waals surface area (Å²) in [7, 11) is 0. The van der Waals surface area contributed by atoms with Crippen molar-refractivity contribution >= 4 is 17.4 Å². The maximum Gasteiger partial charge on any atom is 0.103 e. The topological polar surface area (TPSA) is 53.0 Å². The molecule has 0 radical (unpaired) electrons. The van der Waals surface area contributed by atoms with Crippen molar-refractivity contribution in [2.75, 3.05) is 24.2 Å². The van der Waals surface area contributed by atoms with Crippen LogP contribution < -0.4 is 10.6 Å². The minimum Gasteiger partial charge on any atom is -0.369 e. The highest BCUT2D eigenvalue weighted by Crippen LogP contribution is 2.30. The molecule has 1 atom stereocenters. The van der Waals surface area contributed by atoms with E-state index in [0.29, 0.717) is 0 Å². The van der Waals surface area contributed by atoms with E-state index in [1.165, 1.54) is 0 Å². The summed E-state index contributed by atoms with van der Waals surface area (Å²) in [6.07, 6.45) is 4.19. The van der Waals surface area contributed by atoms with Gasteiger partial charge < -0.3 is 10.6 Å². The average molecular weight is 247 g/mol. The van der Waals surface area contributed by atoms with Gasteiger partial charge in [-0.05, 0) is 31.2 Å². The highest BCUT2D eigenvalue weighted by atomic mass is 32.2. The molecule has 1 saturated heterocycles.